The Morgan fingerprint density at radius 2 is 2.20 bits per heavy atom. The maximum Gasteiger partial charge on any atom is 0.387 e. The number of amides is 1. The van der Waals surface area contributed by atoms with Crippen LogP contribution in [0.3, 0.4) is 0 Å². The van der Waals surface area contributed by atoms with Crippen LogP contribution in [0.2, 0.25) is 0 Å². The Morgan fingerprint density at radius 1 is 1.45 bits per heavy atom. The van der Waals surface area contributed by atoms with Gasteiger partial charge in [0.2, 0.25) is 5.91 Å². The van der Waals surface area contributed by atoms with Gasteiger partial charge in [-0.3, -0.25) is 9.48 Å². The molecule has 106 valence electrons. The number of hydrogen-bond acceptors (Lipinski definition) is 4. The fraction of sp³-hybridized carbons (Fsp3) is 0.167. The van der Waals surface area contributed by atoms with Crippen molar-refractivity contribution < 1.29 is 18.3 Å². The van der Waals surface area contributed by atoms with Crippen molar-refractivity contribution in [2.75, 3.05) is 11.1 Å². The molecule has 1 heterocycles. The molecule has 0 saturated carbocycles. The highest BCUT2D eigenvalue weighted by Gasteiger charge is 2.12. The molecule has 1 amide bonds. The van der Waals surface area contributed by atoms with E-state index in [1.165, 1.54) is 35.3 Å². The second-order valence-electron chi connectivity index (χ2n) is 3.89. The average Bonchev–Trinajstić information content (AvgIpc) is 2.76. The number of nitrogens with one attached hydrogen (secondary N) is 1. The molecule has 0 aliphatic heterocycles. The van der Waals surface area contributed by atoms with Crippen LogP contribution in [0, 0.1) is 0 Å². The van der Waals surface area contributed by atoms with Gasteiger partial charge in [-0.1, -0.05) is 12.1 Å². The first-order valence-corrected chi connectivity index (χ1v) is 5.66. The van der Waals surface area contributed by atoms with Gasteiger partial charge in [-0.15, -0.1) is 0 Å². The van der Waals surface area contributed by atoms with Crippen molar-refractivity contribution >= 4 is 17.3 Å². The minimum atomic E-state index is -2.96. The number of benzene rings is 1. The lowest BCUT2D eigenvalue weighted by Gasteiger charge is -2.11. The zero-order valence-corrected chi connectivity index (χ0v) is 10.3. The highest BCUT2D eigenvalue weighted by Crippen LogP contribution is 2.25. The summed E-state index contributed by atoms with van der Waals surface area (Å²) in [6, 6.07) is 5.93. The van der Waals surface area contributed by atoms with Gasteiger partial charge in [-0.2, -0.15) is 13.9 Å². The van der Waals surface area contributed by atoms with Crippen LogP contribution < -0.4 is 15.8 Å². The quantitative estimate of drug-likeness (QED) is 0.874. The van der Waals surface area contributed by atoms with E-state index in [1.807, 2.05) is 0 Å². The monoisotopic (exact) mass is 282 g/mol. The maximum atomic E-state index is 12.2. The minimum Gasteiger partial charge on any atom is -0.433 e. The van der Waals surface area contributed by atoms with Gasteiger partial charge < -0.3 is 15.8 Å². The molecule has 0 spiro atoms. The van der Waals surface area contributed by atoms with Gasteiger partial charge in [-0.25, -0.2) is 0 Å². The standard InChI is InChI=1S/C12H12F2N4O2/c13-12(14)20-10-4-2-1-3-9(10)17-11(19)7-18-6-8(15)5-16-18/h1-6,12H,7,15H2,(H,17,19). The molecular weight excluding hydrogens is 270 g/mol. The van der Waals surface area contributed by atoms with E-state index in [2.05, 4.69) is 15.2 Å². The number of nitrogens with two attached hydrogens (primary N) is 1. The van der Waals surface area contributed by atoms with Crippen molar-refractivity contribution in [3.63, 3.8) is 0 Å². The number of aromatic nitrogens is 2. The molecular formula is C12H12F2N4O2. The molecule has 0 bridgehead atoms. The van der Waals surface area contributed by atoms with Crippen LogP contribution in [0.5, 0.6) is 5.75 Å². The van der Waals surface area contributed by atoms with Crippen LogP contribution in [0.25, 0.3) is 0 Å². The van der Waals surface area contributed by atoms with Crippen molar-refractivity contribution in [3.8, 4) is 5.75 Å². The second-order valence-corrected chi connectivity index (χ2v) is 3.89. The normalized spacial score (nSPS) is 10.6. The van der Waals surface area contributed by atoms with Crippen molar-refractivity contribution in [3.05, 3.63) is 36.7 Å². The SMILES string of the molecule is Nc1cnn(CC(=O)Nc2ccccc2OC(F)F)c1. The molecule has 0 aliphatic rings. The number of rotatable bonds is 5. The highest BCUT2D eigenvalue weighted by atomic mass is 19.3. The summed E-state index contributed by atoms with van der Waals surface area (Å²) < 4.78 is 30.1. The summed E-state index contributed by atoms with van der Waals surface area (Å²) in [7, 11) is 0. The van der Waals surface area contributed by atoms with Gasteiger partial charge in [-0.05, 0) is 12.1 Å². The van der Waals surface area contributed by atoms with E-state index in [0.29, 0.717) is 5.69 Å². The number of nitrogen functional groups attached to an aromatic ring is 1. The third-order valence-electron chi connectivity index (χ3n) is 2.34. The Hall–Kier alpha value is -2.64. The Morgan fingerprint density at radius 3 is 2.85 bits per heavy atom. The molecule has 20 heavy (non-hydrogen) atoms. The predicted octanol–water partition coefficient (Wildman–Crippen LogP) is 1.71. The molecule has 6 nitrogen and oxygen atoms in total. The van der Waals surface area contributed by atoms with E-state index in [1.54, 1.807) is 6.07 Å². The summed E-state index contributed by atoms with van der Waals surface area (Å²) in [4.78, 5) is 11.8. The van der Waals surface area contributed by atoms with Gasteiger partial charge in [0.1, 0.15) is 12.3 Å². The number of para-hydroxylation sites is 2. The summed E-state index contributed by atoms with van der Waals surface area (Å²) in [5, 5.41) is 6.32. The molecule has 8 heteroatoms. The van der Waals surface area contributed by atoms with Crippen LogP contribution in [-0.2, 0) is 11.3 Å². The molecule has 1 aromatic heterocycles. The highest BCUT2D eigenvalue weighted by molar-refractivity contribution is 5.92. The van der Waals surface area contributed by atoms with E-state index >= 15 is 0 Å². The largest absolute Gasteiger partial charge is 0.433 e. The molecule has 1 aromatic carbocycles. The Bertz CT molecular complexity index is 601. The first-order chi connectivity index (χ1) is 9.54. The molecule has 2 aromatic rings. The lowest BCUT2D eigenvalue weighted by atomic mass is 10.3. The Balaban J connectivity index is 2.04. The Labute approximate surface area is 113 Å². The third-order valence-corrected chi connectivity index (χ3v) is 2.34. The molecule has 0 radical (unpaired) electrons. The number of carbonyl (C=O) groups excluding carboxylic acids is 1. The molecule has 3 N–H and O–H groups in total. The maximum absolute atomic E-state index is 12.2. The van der Waals surface area contributed by atoms with Crippen molar-refractivity contribution in [2.45, 2.75) is 13.2 Å². The number of nitrogens with zero attached hydrogens (tertiary/aromatic N) is 2. The van der Waals surface area contributed by atoms with Crippen LogP contribution in [0.4, 0.5) is 20.2 Å². The van der Waals surface area contributed by atoms with Crippen LogP contribution in [-0.4, -0.2) is 22.3 Å². The van der Waals surface area contributed by atoms with Crippen LogP contribution in [0.15, 0.2) is 36.7 Å². The number of ether oxygens (including phenoxy) is 1. The molecule has 0 saturated heterocycles. The van der Waals surface area contributed by atoms with E-state index < -0.39 is 12.5 Å². The first kappa shape index (κ1) is 13.8. The van der Waals surface area contributed by atoms with E-state index in [4.69, 9.17) is 5.73 Å². The lowest BCUT2D eigenvalue weighted by Crippen LogP contribution is -2.19. The van der Waals surface area contributed by atoms with Gasteiger partial charge in [0.05, 0.1) is 17.6 Å². The first-order valence-electron chi connectivity index (χ1n) is 5.66. The number of carbonyl (C=O) groups is 1. The summed E-state index contributed by atoms with van der Waals surface area (Å²) in [5.41, 5.74) is 6.06. The number of hydrogen-bond donors (Lipinski definition) is 2. The lowest BCUT2D eigenvalue weighted by molar-refractivity contribution is -0.117. The number of halogens is 2. The zero-order chi connectivity index (χ0) is 14.5. The number of alkyl halides is 2. The van der Waals surface area contributed by atoms with E-state index in [9.17, 15) is 13.6 Å². The van der Waals surface area contributed by atoms with Crippen molar-refractivity contribution in [2.24, 2.45) is 0 Å². The van der Waals surface area contributed by atoms with Crippen LogP contribution in [0.1, 0.15) is 0 Å². The zero-order valence-electron chi connectivity index (χ0n) is 10.3. The Kier molecular flexibility index (Phi) is 4.14. The molecule has 0 atom stereocenters. The van der Waals surface area contributed by atoms with Gasteiger partial charge in [0.25, 0.3) is 0 Å². The molecule has 0 fully saturated rings. The van der Waals surface area contributed by atoms with Crippen molar-refractivity contribution in [1.82, 2.24) is 9.78 Å². The smallest absolute Gasteiger partial charge is 0.387 e. The van der Waals surface area contributed by atoms with Gasteiger partial charge >= 0.3 is 6.61 Å². The fourth-order valence-corrected chi connectivity index (χ4v) is 1.57. The summed E-state index contributed by atoms with van der Waals surface area (Å²) >= 11 is 0. The minimum absolute atomic E-state index is 0.0831. The third kappa shape index (κ3) is 3.67. The van der Waals surface area contributed by atoms with Gasteiger partial charge in [0, 0.05) is 6.20 Å². The molecule has 0 unspecified atom stereocenters. The second kappa shape index (κ2) is 6.00. The number of anilines is 2. The molecule has 2 rings (SSSR count). The van der Waals surface area contributed by atoms with E-state index in [-0.39, 0.29) is 18.0 Å². The van der Waals surface area contributed by atoms with Gasteiger partial charge in [0.15, 0.2) is 0 Å². The fourth-order valence-electron chi connectivity index (χ4n) is 1.57. The predicted molar refractivity (Wildman–Crippen MR) is 68.3 cm³/mol. The topological polar surface area (TPSA) is 82.2 Å². The van der Waals surface area contributed by atoms with Crippen LogP contribution >= 0.6 is 0 Å². The molecule has 0 aliphatic carbocycles. The summed E-state index contributed by atoms with van der Waals surface area (Å²) in [5.74, 6) is -0.533. The summed E-state index contributed by atoms with van der Waals surface area (Å²) in [6.45, 7) is -3.04. The van der Waals surface area contributed by atoms with E-state index in [0.717, 1.165) is 0 Å². The average molecular weight is 282 g/mol. The van der Waals surface area contributed by atoms with Crippen molar-refractivity contribution in [1.29, 1.82) is 0 Å². The summed E-state index contributed by atoms with van der Waals surface area (Å²) in [6.07, 6.45) is 2.89.